The molecule has 10 saturated carbocycles. The van der Waals surface area contributed by atoms with Gasteiger partial charge in [0.05, 0.1) is 18.3 Å². The number of rotatable bonds is 9. The molecular formula is C81H117B3F6O3. The van der Waals surface area contributed by atoms with Gasteiger partial charge in [-0.1, -0.05) is 72.4 Å². The number of hydrogen-bond acceptors (Lipinski definition) is 3. The van der Waals surface area contributed by atoms with Crippen molar-refractivity contribution in [2.45, 2.75) is 270 Å². The van der Waals surface area contributed by atoms with Gasteiger partial charge < -0.3 is 14.2 Å². The molecule has 0 heterocycles. The number of aryl methyl sites for hydroxylation is 9. The van der Waals surface area contributed by atoms with Crippen molar-refractivity contribution in [2.75, 3.05) is 21.3 Å². The fourth-order valence-electron chi connectivity index (χ4n) is 27.6. The molecule has 510 valence electrons. The third kappa shape index (κ3) is 12.7. The van der Waals surface area contributed by atoms with Crippen molar-refractivity contribution in [3.8, 4) is 0 Å². The van der Waals surface area contributed by atoms with E-state index in [0.717, 1.165) is 154 Å². The second kappa shape index (κ2) is 28.5. The van der Waals surface area contributed by atoms with Crippen LogP contribution < -0.4 is 0 Å². The predicted octanol–water partition coefficient (Wildman–Crippen LogP) is 22.1. The largest absolute Gasteiger partial charge is 0.541 e. The summed E-state index contributed by atoms with van der Waals surface area (Å²) < 4.78 is 122. The van der Waals surface area contributed by atoms with Gasteiger partial charge in [0.2, 0.25) is 0 Å². The van der Waals surface area contributed by atoms with Crippen LogP contribution >= 0.6 is 0 Å². The van der Waals surface area contributed by atoms with Crippen LogP contribution in [-0.4, -0.2) is 61.4 Å². The molecule has 3 nitrogen and oxygen atoms in total. The van der Waals surface area contributed by atoms with Crippen molar-refractivity contribution in [1.82, 2.24) is 0 Å². The van der Waals surface area contributed by atoms with Crippen LogP contribution in [0.4, 0.5) is 25.9 Å². The lowest BCUT2D eigenvalue weighted by molar-refractivity contribution is -0.0617. The Morgan fingerprint density at radius 1 is 0.269 bits per heavy atom. The first-order valence-corrected chi connectivity index (χ1v) is 38.4. The average Bonchev–Trinajstić information content (AvgIpc) is 1.66. The van der Waals surface area contributed by atoms with Crippen LogP contribution in [0.3, 0.4) is 0 Å². The zero-order valence-corrected chi connectivity index (χ0v) is 59.2. The topological polar surface area (TPSA) is 27.7 Å². The van der Waals surface area contributed by atoms with Gasteiger partial charge in [-0.2, -0.15) is 0 Å². The van der Waals surface area contributed by atoms with Crippen LogP contribution in [0.25, 0.3) is 0 Å². The Kier molecular flexibility index (Phi) is 21.1. The molecule has 0 amide bonds. The number of methoxy groups -OCH3 is 3. The molecule has 27 atom stereocenters. The van der Waals surface area contributed by atoms with Gasteiger partial charge >= 0.3 is 21.8 Å². The molecule has 0 spiro atoms. The number of ether oxygens (including phenoxy) is 3. The molecule has 0 aliphatic heterocycles. The summed E-state index contributed by atoms with van der Waals surface area (Å²) in [5, 5.41) is 0. The van der Waals surface area contributed by atoms with Crippen LogP contribution in [0, 0.1) is 169 Å². The summed E-state index contributed by atoms with van der Waals surface area (Å²) in [6, 6.07) is 13.8. The molecule has 3 aromatic carbocycles. The second-order valence-corrected chi connectivity index (χ2v) is 34.3. The summed E-state index contributed by atoms with van der Waals surface area (Å²) in [5.41, 5.74) is 14.9. The van der Waals surface area contributed by atoms with Crippen molar-refractivity contribution in [2.24, 2.45) is 107 Å². The maximum atomic E-state index is 17.0. The van der Waals surface area contributed by atoms with E-state index in [2.05, 4.69) is 98.7 Å². The lowest BCUT2D eigenvalue weighted by Crippen LogP contribution is -2.44. The highest BCUT2D eigenvalue weighted by molar-refractivity contribution is 6.45. The highest BCUT2D eigenvalue weighted by atomic mass is 19.2. The highest BCUT2D eigenvalue weighted by Gasteiger charge is 2.61. The molecule has 0 aromatic heterocycles. The molecule has 0 saturated heterocycles. The Bertz CT molecular complexity index is 2680. The van der Waals surface area contributed by atoms with Crippen molar-refractivity contribution in [1.29, 1.82) is 0 Å². The Hall–Kier alpha value is -2.69. The molecule has 10 fully saturated rings. The minimum absolute atomic E-state index is 0.00581. The molecule has 12 heteroatoms. The lowest BCUT2D eigenvalue weighted by atomic mass is 9.55. The number of fused-ring (bicyclic) bond motifs is 24. The third-order valence-electron chi connectivity index (χ3n) is 30.0. The molecule has 0 N–H and O–H groups in total. The van der Waals surface area contributed by atoms with Crippen molar-refractivity contribution < 1.29 is 40.1 Å². The lowest BCUT2D eigenvalue weighted by Gasteiger charge is -2.46. The molecule has 13 rings (SSSR count). The Morgan fingerprint density at radius 3 is 0.710 bits per heavy atom. The van der Waals surface area contributed by atoms with Crippen molar-refractivity contribution in [3.05, 3.63) is 103 Å². The van der Waals surface area contributed by atoms with Gasteiger partial charge in [0.25, 0.3) is 0 Å². The first kappa shape index (κ1) is 68.8. The van der Waals surface area contributed by atoms with Crippen LogP contribution in [0.5, 0.6) is 0 Å². The number of hydrogen-bond donors (Lipinski definition) is 0. The third-order valence-corrected chi connectivity index (χ3v) is 30.0. The van der Waals surface area contributed by atoms with E-state index >= 15 is 25.9 Å². The summed E-state index contributed by atoms with van der Waals surface area (Å²) in [6.07, 6.45) is 22.1. The first-order valence-electron chi connectivity index (χ1n) is 38.4. The Labute approximate surface area is 560 Å². The summed E-state index contributed by atoms with van der Waals surface area (Å²) in [5.74, 6) is -0.684. The summed E-state index contributed by atoms with van der Waals surface area (Å²) in [4.78, 5) is 0. The van der Waals surface area contributed by atoms with Gasteiger partial charge in [-0.25, -0.2) is 0 Å². The maximum Gasteiger partial charge on any atom is 0.541 e. The van der Waals surface area contributed by atoms with Gasteiger partial charge in [0.15, 0.2) is 0 Å². The van der Waals surface area contributed by atoms with E-state index < -0.39 is 39.3 Å². The molecule has 10 aliphatic carbocycles. The predicted molar refractivity (Wildman–Crippen MR) is 371 cm³/mol. The standard InChI is InChI=1S/C81H117B3F6O3/c1-43-34-46(4)70(47(5)35-43)73-55-25-22-52(40-55)58-16-13-20-65(79(58)91-10)62-29-32-68(77(62)83(87)88)75(72-50(8)38-45(3)39-51(72)9)57-27-24-54(42-57)60-18-15-21-66(81(60)93-12)63-30-33-69(78(63)84(89)90)74(71-48(6)36-44(2)37-49(71)7)56-26-23-53(41-56)59-17-14-19-64(80(59)92-11)61-28-31-67(73)76(61)82(85)86/h34-39,52-69,73-81H,13-33,40-42H2,1-12H3. The van der Waals surface area contributed by atoms with E-state index in [1.807, 2.05) is 21.3 Å². The fraction of sp³-hybridized carbons (Fsp3) is 0.778. The molecule has 18 bridgehead atoms. The SMILES string of the molecule is COC1C2CCCC1C1CCC(C1B(F)F)C(c1c(C)cc(C)cc1C)C1CCC(C1)C1CCCC(C3CCC(C3B(F)F)C(c3c(C)cc(C)cc3C)C3CCC(C3)C3CCCC(C4CCC(C4B(F)F)C(c4c(C)cc(C)cc4C)C4CCC2C4)C3OC)C1OC. The van der Waals surface area contributed by atoms with Crippen LogP contribution in [0.1, 0.15) is 239 Å². The zero-order valence-electron chi connectivity index (χ0n) is 59.2. The van der Waals surface area contributed by atoms with E-state index in [1.165, 1.54) is 66.8 Å². The molecular weight excluding hydrogens is 1170 g/mol. The minimum Gasteiger partial charge on any atom is -0.381 e. The van der Waals surface area contributed by atoms with Crippen LogP contribution in [0.15, 0.2) is 36.4 Å². The Balaban J connectivity index is 0.911. The Morgan fingerprint density at radius 2 is 0.484 bits per heavy atom. The molecule has 10 aliphatic rings. The number of halogens is 6. The van der Waals surface area contributed by atoms with Crippen LogP contribution in [0.2, 0.25) is 17.5 Å². The quantitative estimate of drug-likeness (QED) is 0.158. The van der Waals surface area contributed by atoms with Crippen LogP contribution in [-0.2, 0) is 14.2 Å². The summed E-state index contributed by atoms with van der Waals surface area (Å²) in [6.45, 7) is 19.9. The van der Waals surface area contributed by atoms with E-state index in [4.69, 9.17) is 14.2 Å². The maximum absolute atomic E-state index is 17.0. The van der Waals surface area contributed by atoms with E-state index in [-0.39, 0.29) is 125 Å². The van der Waals surface area contributed by atoms with Gasteiger partial charge in [0.1, 0.15) is 0 Å². The van der Waals surface area contributed by atoms with E-state index in [9.17, 15) is 0 Å². The fourth-order valence-corrected chi connectivity index (χ4v) is 27.6. The average molecular weight is 1290 g/mol. The molecule has 3 aromatic rings. The zero-order chi connectivity index (χ0) is 65.6. The van der Waals surface area contributed by atoms with Gasteiger partial charge in [-0.3, -0.25) is 25.9 Å². The first-order chi connectivity index (χ1) is 44.7. The van der Waals surface area contributed by atoms with Gasteiger partial charge in [-0.05, 0) is 371 Å². The highest BCUT2D eigenvalue weighted by Crippen LogP contribution is 2.67. The normalized spacial score (nSPS) is 41.9. The second-order valence-electron chi connectivity index (χ2n) is 34.3. The van der Waals surface area contributed by atoms with Gasteiger partial charge in [0, 0.05) is 38.8 Å². The van der Waals surface area contributed by atoms with Gasteiger partial charge in [-0.15, -0.1) is 0 Å². The summed E-state index contributed by atoms with van der Waals surface area (Å²) in [7, 11) is -1.78. The monoisotopic (exact) mass is 1280 g/mol. The molecule has 27 unspecified atom stereocenters. The minimum atomic E-state index is -2.46. The summed E-state index contributed by atoms with van der Waals surface area (Å²) >= 11 is 0. The van der Waals surface area contributed by atoms with E-state index in [1.54, 1.807) is 0 Å². The molecule has 0 radical (unpaired) electrons. The molecule has 93 heavy (non-hydrogen) atoms. The number of benzene rings is 3. The van der Waals surface area contributed by atoms with Crippen molar-refractivity contribution >= 4 is 21.8 Å². The smallest absolute Gasteiger partial charge is 0.381 e. The van der Waals surface area contributed by atoms with Crippen molar-refractivity contribution in [3.63, 3.8) is 0 Å². The van der Waals surface area contributed by atoms with E-state index in [0.29, 0.717) is 17.8 Å².